The summed E-state index contributed by atoms with van der Waals surface area (Å²) in [6, 6.07) is 2.25. The summed E-state index contributed by atoms with van der Waals surface area (Å²) in [6.07, 6.45) is -10.7. The molecule has 0 unspecified atom stereocenters. The normalized spacial score (nSPS) is 12.1. The zero-order chi connectivity index (χ0) is 15.6. The molecule has 0 aromatic heterocycles. The SMILES string of the molecule is N#CCCC(=O)c1cc(C(F)(F)F)cc(C(F)(F)F)c1. The molecule has 0 fully saturated rings. The number of halogens is 6. The van der Waals surface area contributed by atoms with Gasteiger partial charge in [0, 0.05) is 18.4 Å². The van der Waals surface area contributed by atoms with E-state index in [2.05, 4.69) is 0 Å². The number of alkyl halides is 6. The van der Waals surface area contributed by atoms with Gasteiger partial charge in [-0.2, -0.15) is 31.6 Å². The molecule has 0 heterocycles. The van der Waals surface area contributed by atoms with E-state index in [1.54, 1.807) is 6.07 Å². The molecule has 0 bridgehead atoms. The fourth-order valence-electron chi connectivity index (χ4n) is 1.43. The Hall–Kier alpha value is -2.04. The Balaban J connectivity index is 3.32. The quantitative estimate of drug-likeness (QED) is 0.619. The van der Waals surface area contributed by atoms with Gasteiger partial charge in [-0.05, 0) is 18.2 Å². The maximum absolute atomic E-state index is 12.5. The highest BCUT2D eigenvalue weighted by molar-refractivity contribution is 5.96. The van der Waals surface area contributed by atoms with E-state index in [0.29, 0.717) is 12.1 Å². The Morgan fingerprint density at radius 3 is 1.80 bits per heavy atom. The van der Waals surface area contributed by atoms with Crippen molar-refractivity contribution in [3.63, 3.8) is 0 Å². The van der Waals surface area contributed by atoms with Gasteiger partial charge in [0.05, 0.1) is 17.2 Å². The van der Waals surface area contributed by atoms with E-state index in [9.17, 15) is 31.1 Å². The third-order valence-corrected chi connectivity index (χ3v) is 2.37. The van der Waals surface area contributed by atoms with Gasteiger partial charge in [0.2, 0.25) is 0 Å². The monoisotopic (exact) mass is 295 g/mol. The van der Waals surface area contributed by atoms with Crippen LogP contribution in [-0.4, -0.2) is 5.78 Å². The summed E-state index contributed by atoms with van der Waals surface area (Å²) < 4.78 is 75.1. The minimum absolute atomic E-state index is 0.0545. The van der Waals surface area contributed by atoms with Crippen molar-refractivity contribution in [3.8, 4) is 6.07 Å². The molecule has 1 aromatic rings. The Morgan fingerprint density at radius 1 is 1.00 bits per heavy atom. The molecule has 0 radical (unpaired) electrons. The second-order valence-corrected chi connectivity index (χ2v) is 3.88. The third-order valence-electron chi connectivity index (χ3n) is 2.37. The van der Waals surface area contributed by atoms with E-state index in [0.717, 1.165) is 0 Å². The van der Waals surface area contributed by atoms with Crippen LogP contribution in [0.5, 0.6) is 0 Å². The summed E-state index contributed by atoms with van der Waals surface area (Å²) in [4.78, 5) is 11.5. The average molecular weight is 295 g/mol. The molecule has 0 amide bonds. The summed E-state index contributed by atoms with van der Waals surface area (Å²) >= 11 is 0. The first kappa shape index (κ1) is 16.0. The van der Waals surface area contributed by atoms with E-state index in [1.807, 2.05) is 0 Å². The standard InChI is InChI=1S/C12H7F6NO/c13-11(14,15)8-4-7(10(20)2-1-3-19)5-9(6-8)12(16,17)18/h4-6H,1-2H2. The van der Waals surface area contributed by atoms with E-state index in [1.165, 1.54) is 0 Å². The van der Waals surface area contributed by atoms with Gasteiger partial charge in [-0.15, -0.1) is 0 Å². The van der Waals surface area contributed by atoms with Crippen LogP contribution in [0.25, 0.3) is 0 Å². The lowest BCUT2D eigenvalue weighted by molar-refractivity contribution is -0.143. The fraction of sp³-hybridized carbons (Fsp3) is 0.333. The Morgan fingerprint density at radius 2 is 1.45 bits per heavy atom. The zero-order valence-electron chi connectivity index (χ0n) is 9.77. The second kappa shape index (κ2) is 5.53. The maximum Gasteiger partial charge on any atom is 0.416 e. The molecule has 8 heteroatoms. The van der Waals surface area contributed by atoms with Gasteiger partial charge in [0.1, 0.15) is 0 Å². The lowest BCUT2D eigenvalue weighted by atomic mass is 10.00. The summed E-state index contributed by atoms with van der Waals surface area (Å²) in [6.45, 7) is 0. The summed E-state index contributed by atoms with van der Waals surface area (Å²) in [5.74, 6) is -0.942. The van der Waals surface area contributed by atoms with Crippen molar-refractivity contribution < 1.29 is 31.1 Å². The largest absolute Gasteiger partial charge is 0.416 e. The van der Waals surface area contributed by atoms with Crippen LogP contribution in [0.3, 0.4) is 0 Å². The lowest BCUT2D eigenvalue weighted by Gasteiger charge is -2.13. The molecular weight excluding hydrogens is 288 g/mol. The van der Waals surface area contributed by atoms with Gasteiger partial charge in [-0.25, -0.2) is 0 Å². The minimum Gasteiger partial charge on any atom is -0.294 e. The van der Waals surface area contributed by atoms with Crippen molar-refractivity contribution >= 4 is 5.78 Å². The van der Waals surface area contributed by atoms with E-state index < -0.39 is 41.2 Å². The fourth-order valence-corrected chi connectivity index (χ4v) is 1.43. The zero-order valence-corrected chi connectivity index (χ0v) is 9.77. The number of hydrogen-bond acceptors (Lipinski definition) is 2. The summed E-state index contributed by atoms with van der Waals surface area (Å²) in [7, 11) is 0. The van der Waals surface area contributed by atoms with Crippen LogP contribution in [0.2, 0.25) is 0 Å². The number of hydrogen-bond donors (Lipinski definition) is 0. The first-order valence-electron chi connectivity index (χ1n) is 5.25. The van der Waals surface area contributed by atoms with E-state index >= 15 is 0 Å². The number of carbonyl (C=O) groups excluding carboxylic acids is 1. The topological polar surface area (TPSA) is 40.9 Å². The number of benzene rings is 1. The first-order valence-corrected chi connectivity index (χ1v) is 5.25. The molecule has 0 N–H and O–H groups in total. The van der Waals surface area contributed by atoms with Crippen LogP contribution in [-0.2, 0) is 12.4 Å². The van der Waals surface area contributed by atoms with Crippen LogP contribution in [0, 0.1) is 11.3 Å². The summed E-state index contributed by atoms with van der Waals surface area (Å²) in [5.41, 5.74) is -3.80. The average Bonchev–Trinajstić information content (AvgIpc) is 2.33. The molecule has 0 saturated carbocycles. The molecule has 0 atom stereocenters. The molecule has 0 spiro atoms. The predicted molar refractivity (Wildman–Crippen MR) is 55.6 cm³/mol. The van der Waals surface area contributed by atoms with Gasteiger partial charge >= 0.3 is 12.4 Å². The second-order valence-electron chi connectivity index (χ2n) is 3.88. The number of nitriles is 1. The highest BCUT2D eigenvalue weighted by atomic mass is 19.4. The first-order chi connectivity index (χ1) is 9.05. The number of Topliss-reactive ketones (excluding diaryl/α,β-unsaturated/α-hetero) is 1. The van der Waals surface area contributed by atoms with Crippen molar-refractivity contribution in [1.29, 1.82) is 5.26 Å². The smallest absolute Gasteiger partial charge is 0.294 e. The van der Waals surface area contributed by atoms with Gasteiger partial charge in [-0.3, -0.25) is 4.79 Å². The molecule has 0 aliphatic rings. The van der Waals surface area contributed by atoms with Gasteiger partial charge in [0.25, 0.3) is 0 Å². The Labute approximate surface area is 109 Å². The van der Waals surface area contributed by atoms with E-state index in [4.69, 9.17) is 5.26 Å². The third kappa shape index (κ3) is 3.98. The van der Waals surface area contributed by atoms with Crippen LogP contribution >= 0.6 is 0 Å². The molecule has 20 heavy (non-hydrogen) atoms. The van der Waals surface area contributed by atoms with Crippen molar-refractivity contribution in [1.82, 2.24) is 0 Å². The van der Waals surface area contributed by atoms with Crippen LogP contribution in [0.1, 0.15) is 34.3 Å². The summed E-state index contributed by atoms with van der Waals surface area (Å²) in [5, 5.41) is 8.27. The maximum atomic E-state index is 12.5. The molecule has 1 rings (SSSR count). The number of nitrogens with zero attached hydrogens (tertiary/aromatic N) is 1. The van der Waals surface area contributed by atoms with E-state index in [-0.39, 0.29) is 12.5 Å². The van der Waals surface area contributed by atoms with Gasteiger partial charge < -0.3 is 0 Å². The number of ketones is 1. The molecule has 0 saturated heterocycles. The highest BCUT2D eigenvalue weighted by Crippen LogP contribution is 2.36. The van der Waals surface area contributed by atoms with Gasteiger partial charge in [0.15, 0.2) is 5.78 Å². The number of rotatable bonds is 3. The number of carbonyl (C=O) groups is 1. The van der Waals surface area contributed by atoms with Crippen molar-refractivity contribution in [2.45, 2.75) is 25.2 Å². The van der Waals surface area contributed by atoms with Crippen LogP contribution in [0.15, 0.2) is 18.2 Å². The molecular formula is C12H7F6NO. The predicted octanol–water partition coefficient (Wildman–Crippen LogP) is 4.21. The Bertz CT molecular complexity index is 520. The highest BCUT2D eigenvalue weighted by Gasteiger charge is 2.37. The molecule has 1 aromatic carbocycles. The molecule has 108 valence electrons. The van der Waals surface area contributed by atoms with Crippen molar-refractivity contribution in [3.05, 3.63) is 34.9 Å². The molecule has 2 nitrogen and oxygen atoms in total. The lowest BCUT2D eigenvalue weighted by Crippen LogP contribution is -2.13. The van der Waals surface area contributed by atoms with Crippen molar-refractivity contribution in [2.75, 3.05) is 0 Å². The van der Waals surface area contributed by atoms with Gasteiger partial charge in [-0.1, -0.05) is 0 Å². The molecule has 0 aliphatic carbocycles. The Kier molecular flexibility index (Phi) is 4.43. The van der Waals surface area contributed by atoms with Crippen LogP contribution in [0.4, 0.5) is 26.3 Å². The minimum atomic E-state index is -4.99. The molecule has 0 aliphatic heterocycles. The van der Waals surface area contributed by atoms with Crippen molar-refractivity contribution in [2.24, 2.45) is 0 Å². The van der Waals surface area contributed by atoms with Crippen LogP contribution < -0.4 is 0 Å².